The van der Waals surface area contributed by atoms with Gasteiger partial charge in [0.1, 0.15) is 0 Å². The maximum absolute atomic E-state index is 5.93. The molecule has 0 heterocycles. The molecule has 0 amide bonds. The lowest BCUT2D eigenvalue weighted by Gasteiger charge is -2.39. The fourth-order valence-corrected chi connectivity index (χ4v) is 3.91. The van der Waals surface area contributed by atoms with E-state index in [1.807, 2.05) is 0 Å². The van der Waals surface area contributed by atoms with Crippen LogP contribution in [0.1, 0.15) is 69.2 Å². The lowest BCUT2D eigenvalue weighted by molar-refractivity contribution is 0.132. The van der Waals surface area contributed by atoms with E-state index in [0.717, 1.165) is 5.92 Å². The minimum Gasteiger partial charge on any atom is -0.271 e. The van der Waals surface area contributed by atoms with Crippen molar-refractivity contribution in [1.29, 1.82) is 0 Å². The van der Waals surface area contributed by atoms with E-state index in [2.05, 4.69) is 58.2 Å². The second-order valence-electron chi connectivity index (χ2n) is 7.91. The summed E-state index contributed by atoms with van der Waals surface area (Å²) in [5, 5.41) is 0. The number of nitrogens with two attached hydrogens (primary N) is 1. The molecule has 1 aromatic rings. The third kappa shape index (κ3) is 3.67. The van der Waals surface area contributed by atoms with Gasteiger partial charge in [-0.05, 0) is 73.5 Å². The molecule has 118 valence electrons. The maximum Gasteiger partial charge on any atom is 0.0490 e. The molecule has 1 unspecified atom stereocenters. The summed E-state index contributed by atoms with van der Waals surface area (Å²) in [6.07, 6.45) is 5.22. The quantitative estimate of drug-likeness (QED) is 0.627. The largest absolute Gasteiger partial charge is 0.271 e. The molecule has 2 heteroatoms. The molecule has 21 heavy (non-hydrogen) atoms. The second kappa shape index (κ2) is 6.50. The molecule has 0 saturated heterocycles. The van der Waals surface area contributed by atoms with Gasteiger partial charge in [-0.3, -0.25) is 11.3 Å². The maximum atomic E-state index is 5.93. The fraction of sp³-hybridized carbons (Fsp3) is 0.684. The van der Waals surface area contributed by atoms with Crippen LogP contribution in [0.2, 0.25) is 0 Å². The SMILES string of the molecule is Cc1cccc(C(NN)C2CCC(C(C)(C)C)CC2)c1C. The van der Waals surface area contributed by atoms with Crippen LogP contribution in [0.4, 0.5) is 0 Å². The van der Waals surface area contributed by atoms with E-state index in [4.69, 9.17) is 5.84 Å². The Labute approximate surface area is 130 Å². The summed E-state index contributed by atoms with van der Waals surface area (Å²) in [6, 6.07) is 6.87. The second-order valence-corrected chi connectivity index (χ2v) is 7.91. The van der Waals surface area contributed by atoms with Gasteiger partial charge in [-0.15, -0.1) is 0 Å². The zero-order valence-electron chi connectivity index (χ0n) is 14.4. The smallest absolute Gasteiger partial charge is 0.0490 e. The lowest BCUT2D eigenvalue weighted by atomic mass is 9.68. The average molecular weight is 288 g/mol. The first kappa shape index (κ1) is 16.5. The van der Waals surface area contributed by atoms with Crippen LogP contribution in [0.15, 0.2) is 18.2 Å². The summed E-state index contributed by atoms with van der Waals surface area (Å²) in [5.74, 6) is 7.44. The Morgan fingerprint density at radius 3 is 2.24 bits per heavy atom. The van der Waals surface area contributed by atoms with Crippen LogP contribution in [0.25, 0.3) is 0 Å². The number of hydrazine groups is 1. The molecule has 0 spiro atoms. The van der Waals surface area contributed by atoms with Gasteiger partial charge >= 0.3 is 0 Å². The normalized spacial score (nSPS) is 24.9. The van der Waals surface area contributed by atoms with Crippen molar-refractivity contribution in [3.8, 4) is 0 Å². The predicted octanol–water partition coefficient (Wildman–Crippen LogP) is 4.66. The van der Waals surface area contributed by atoms with Crippen molar-refractivity contribution >= 4 is 0 Å². The van der Waals surface area contributed by atoms with E-state index in [-0.39, 0.29) is 0 Å². The predicted molar refractivity (Wildman–Crippen MR) is 90.9 cm³/mol. The Balaban J connectivity index is 2.12. The molecule has 2 nitrogen and oxygen atoms in total. The molecule has 0 radical (unpaired) electrons. The molecule has 2 rings (SSSR count). The standard InChI is InChI=1S/C19H32N2/c1-13-7-6-8-17(14(13)2)18(21-20)15-9-11-16(12-10-15)19(3,4)5/h6-8,15-16,18,21H,9-12,20H2,1-5H3. The molecule has 1 atom stereocenters. The van der Waals surface area contributed by atoms with E-state index < -0.39 is 0 Å². The summed E-state index contributed by atoms with van der Waals surface area (Å²) in [4.78, 5) is 0. The summed E-state index contributed by atoms with van der Waals surface area (Å²) < 4.78 is 0. The number of hydrogen-bond donors (Lipinski definition) is 2. The van der Waals surface area contributed by atoms with Crippen LogP contribution < -0.4 is 11.3 Å². The van der Waals surface area contributed by atoms with E-state index in [0.29, 0.717) is 17.4 Å². The molecule has 1 aliphatic carbocycles. The van der Waals surface area contributed by atoms with Crippen molar-refractivity contribution < 1.29 is 0 Å². The molecule has 1 saturated carbocycles. The zero-order valence-corrected chi connectivity index (χ0v) is 14.4. The third-order valence-electron chi connectivity index (χ3n) is 5.63. The summed E-state index contributed by atoms with van der Waals surface area (Å²) >= 11 is 0. The Kier molecular flexibility index (Phi) is 5.11. The molecule has 0 aliphatic heterocycles. The van der Waals surface area contributed by atoms with E-state index in [1.165, 1.54) is 42.4 Å². The van der Waals surface area contributed by atoms with Gasteiger partial charge in [-0.2, -0.15) is 0 Å². The zero-order chi connectivity index (χ0) is 15.6. The average Bonchev–Trinajstić information content (AvgIpc) is 2.44. The van der Waals surface area contributed by atoms with Gasteiger partial charge in [0.05, 0.1) is 0 Å². The number of benzene rings is 1. The van der Waals surface area contributed by atoms with Crippen molar-refractivity contribution in [2.75, 3.05) is 0 Å². The van der Waals surface area contributed by atoms with Crippen molar-refractivity contribution in [3.05, 3.63) is 34.9 Å². The number of nitrogens with one attached hydrogen (secondary N) is 1. The summed E-state index contributed by atoms with van der Waals surface area (Å²) in [6.45, 7) is 11.5. The topological polar surface area (TPSA) is 38.0 Å². The molecule has 0 bridgehead atoms. The van der Waals surface area contributed by atoms with Crippen LogP contribution in [-0.4, -0.2) is 0 Å². The molecule has 1 fully saturated rings. The molecular weight excluding hydrogens is 256 g/mol. The van der Waals surface area contributed by atoms with Gasteiger partial charge in [0.25, 0.3) is 0 Å². The highest BCUT2D eigenvalue weighted by Crippen LogP contribution is 2.43. The number of hydrogen-bond acceptors (Lipinski definition) is 2. The van der Waals surface area contributed by atoms with Crippen LogP contribution in [0, 0.1) is 31.1 Å². The highest BCUT2D eigenvalue weighted by atomic mass is 15.2. The molecule has 1 aliphatic rings. The van der Waals surface area contributed by atoms with E-state index in [9.17, 15) is 0 Å². The highest BCUT2D eigenvalue weighted by molar-refractivity contribution is 5.35. The van der Waals surface area contributed by atoms with E-state index >= 15 is 0 Å². The van der Waals surface area contributed by atoms with Gasteiger partial charge in [0, 0.05) is 6.04 Å². The van der Waals surface area contributed by atoms with Gasteiger partial charge in [0.2, 0.25) is 0 Å². The minimum absolute atomic E-state index is 0.297. The number of rotatable bonds is 3. The van der Waals surface area contributed by atoms with Crippen LogP contribution in [-0.2, 0) is 0 Å². The van der Waals surface area contributed by atoms with Gasteiger partial charge < -0.3 is 0 Å². The Morgan fingerprint density at radius 2 is 1.71 bits per heavy atom. The monoisotopic (exact) mass is 288 g/mol. The summed E-state index contributed by atoms with van der Waals surface area (Å²) in [7, 11) is 0. The van der Waals surface area contributed by atoms with Crippen molar-refractivity contribution in [2.24, 2.45) is 23.1 Å². The van der Waals surface area contributed by atoms with Crippen molar-refractivity contribution in [3.63, 3.8) is 0 Å². The first-order chi connectivity index (χ1) is 9.84. The van der Waals surface area contributed by atoms with Gasteiger partial charge in [-0.25, -0.2) is 0 Å². The molecular formula is C19H32N2. The molecule has 1 aromatic carbocycles. The number of aryl methyl sites for hydroxylation is 1. The first-order valence-corrected chi connectivity index (χ1v) is 8.37. The molecule has 3 N–H and O–H groups in total. The fourth-order valence-electron chi connectivity index (χ4n) is 3.91. The van der Waals surface area contributed by atoms with Crippen LogP contribution in [0.5, 0.6) is 0 Å². The third-order valence-corrected chi connectivity index (χ3v) is 5.63. The summed E-state index contributed by atoms with van der Waals surface area (Å²) in [5.41, 5.74) is 7.68. The van der Waals surface area contributed by atoms with Crippen LogP contribution in [0.3, 0.4) is 0 Å². The van der Waals surface area contributed by atoms with Crippen LogP contribution >= 0.6 is 0 Å². The first-order valence-electron chi connectivity index (χ1n) is 8.37. The Morgan fingerprint density at radius 1 is 1.10 bits per heavy atom. The minimum atomic E-state index is 0.297. The Hall–Kier alpha value is -0.860. The van der Waals surface area contributed by atoms with Crippen molar-refractivity contribution in [1.82, 2.24) is 5.43 Å². The highest BCUT2D eigenvalue weighted by Gasteiger charge is 2.33. The van der Waals surface area contributed by atoms with Gasteiger partial charge in [-0.1, -0.05) is 39.0 Å². The molecule has 0 aromatic heterocycles. The Bertz CT molecular complexity index is 465. The lowest BCUT2D eigenvalue weighted by Crippen LogP contribution is -2.37. The van der Waals surface area contributed by atoms with Gasteiger partial charge in [0.15, 0.2) is 0 Å². The van der Waals surface area contributed by atoms with Crippen molar-refractivity contribution in [2.45, 2.75) is 66.3 Å². The van der Waals surface area contributed by atoms with E-state index in [1.54, 1.807) is 0 Å².